The number of para-hydroxylation sites is 2. The van der Waals surface area contributed by atoms with Crippen LogP contribution >= 0.6 is 0 Å². The SMILES string of the molecule is Nc1ccccc1NC(=O)c1ccc(O)c(O)c1. The van der Waals surface area contributed by atoms with E-state index < -0.39 is 5.91 Å². The molecule has 2 aromatic rings. The minimum Gasteiger partial charge on any atom is -0.504 e. The van der Waals surface area contributed by atoms with E-state index >= 15 is 0 Å². The molecule has 5 heteroatoms. The van der Waals surface area contributed by atoms with Gasteiger partial charge in [0.05, 0.1) is 11.4 Å². The summed E-state index contributed by atoms with van der Waals surface area (Å²) < 4.78 is 0. The second-order valence-corrected chi connectivity index (χ2v) is 3.74. The van der Waals surface area contributed by atoms with E-state index in [9.17, 15) is 9.90 Å². The molecular formula is C13H12N2O3. The molecule has 0 atom stereocenters. The number of phenolic OH excluding ortho intramolecular Hbond substituents is 2. The highest BCUT2D eigenvalue weighted by Crippen LogP contribution is 2.25. The van der Waals surface area contributed by atoms with Crippen LogP contribution in [0.3, 0.4) is 0 Å². The summed E-state index contributed by atoms with van der Waals surface area (Å²) in [6.07, 6.45) is 0. The Bertz CT molecular complexity index is 597. The first kappa shape index (κ1) is 11.8. The number of hydrogen-bond donors (Lipinski definition) is 4. The highest BCUT2D eigenvalue weighted by molar-refractivity contribution is 6.06. The third-order valence-corrected chi connectivity index (χ3v) is 2.45. The van der Waals surface area contributed by atoms with Crippen LogP contribution in [0.25, 0.3) is 0 Å². The number of hydrogen-bond acceptors (Lipinski definition) is 4. The number of phenols is 2. The van der Waals surface area contributed by atoms with Gasteiger partial charge in [-0.1, -0.05) is 12.1 Å². The molecule has 0 spiro atoms. The van der Waals surface area contributed by atoms with Crippen molar-refractivity contribution in [1.82, 2.24) is 0 Å². The Morgan fingerprint density at radius 3 is 2.44 bits per heavy atom. The fourth-order valence-corrected chi connectivity index (χ4v) is 1.47. The van der Waals surface area contributed by atoms with Gasteiger partial charge in [0.2, 0.25) is 0 Å². The zero-order chi connectivity index (χ0) is 13.1. The summed E-state index contributed by atoms with van der Waals surface area (Å²) in [5, 5.41) is 21.1. The van der Waals surface area contributed by atoms with Crippen LogP contribution in [0.2, 0.25) is 0 Å². The summed E-state index contributed by atoms with van der Waals surface area (Å²) in [5.74, 6) is -1.03. The van der Waals surface area contributed by atoms with E-state index in [1.54, 1.807) is 24.3 Å². The molecule has 0 bridgehead atoms. The molecular weight excluding hydrogens is 232 g/mol. The normalized spacial score (nSPS) is 10.0. The van der Waals surface area contributed by atoms with E-state index in [1.807, 2.05) is 0 Å². The van der Waals surface area contributed by atoms with E-state index in [0.717, 1.165) is 0 Å². The van der Waals surface area contributed by atoms with Crippen LogP contribution < -0.4 is 11.1 Å². The molecule has 0 unspecified atom stereocenters. The maximum Gasteiger partial charge on any atom is 0.255 e. The van der Waals surface area contributed by atoms with Gasteiger partial charge in [0.1, 0.15) is 0 Å². The summed E-state index contributed by atoms with van der Waals surface area (Å²) in [6.45, 7) is 0. The van der Waals surface area contributed by atoms with Gasteiger partial charge < -0.3 is 21.3 Å². The Morgan fingerprint density at radius 2 is 1.78 bits per heavy atom. The number of nitrogens with one attached hydrogen (secondary N) is 1. The van der Waals surface area contributed by atoms with Crippen LogP contribution in [0.5, 0.6) is 11.5 Å². The maximum absolute atomic E-state index is 11.9. The van der Waals surface area contributed by atoms with Gasteiger partial charge in [0, 0.05) is 5.56 Å². The molecule has 0 aliphatic heterocycles. The minimum absolute atomic E-state index is 0.230. The smallest absolute Gasteiger partial charge is 0.255 e. The number of aromatic hydroxyl groups is 2. The van der Waals surface area contributed by atoms with E-state index in [-0.39, 0.29) is 17.1 Å². The summed E-state index contributed by atoms with van der Waals surface area (Å²) >= 11 is 0. The Morgan fingerprint density at radius 1 is 1.06 bits per heavy atom. The summed E-state index contributed by atoms with van der Waals surface area (Å²) in [6, 6.07) is 10.7. The Balaban J connectivity index is 2.22. The Hall–Kier alpha value is -2.69. The number of anilines is 2. The van der Waals surface area contributed by atoms with Gasteiger partial charge in [-0.3, -0.25) is 4.79 Å². The Labute approximate surface area is 103 Å². The molecule has 0 aliphatic carbocycles. The molecule has 2 rings (SSSR count). The topological polar surface area (TPSA) is 95.6 Å². The number of rotatable bonds is 2. The first-order valence-electron chi connectivity index (χ1n) is 5.26. The van der Waals surface area contributed by atoms with Gasteiger partial charge in [-0.15, -0.1) is 0 Å². The molecule has 0 saturated heterocycles. The van der Waals surface area contributed by atoms with Crippen LogP contribution in [0, 0.1) is 0 Å². The lowest BCUT2D eigenvalue weighted by atomic mass is 10.2. The minimum atomic E-state index is -0.414. The van der Waals surface area contributed by atoms with Crippen LogP contribution in [0.1, 0.15) is 10.4 Å². The number of amides is 1. The van der Waals surface area contributed by atoms with Crippen molar-refractivity contribution in [1.29, 1.82) is 0 Å². The monoisotopic (exact) mass is 244 g/mol. The lowest BCUT2D eigenvalue weighted by Gasteiger charge is -2.08. The molecule has 18 heavy (non-hydrogen) atoms. The van der Waals surface area contributed by atoms with Gasteiger partial charge >= 0.3 is 0 Å². The quantitative estimate of drug-likeness (QED) is 0.479. The number of carbonyl (C=O) groups is 1. The summed E-state index contributed by atoms with van der Waals surface area (Å²) in [4.78, 5) is 11.9. The average molecular weight is 244 g/mol. The molecule has 0 aliphatic rings. The predicted octanol–water partition coefficient (Wildman–Crippen LogP) is 1.93. The molecule has 92 valence electrons. The largest absolute Gasteiger partial charge is 0.504 e. The van der Waals surface area contributed by atoms with Crippen molar-refractivity contribution < 1.29 is 15.0 Å². The molecule has 0 saturated carbocycles. The molecule has 5 N–H and O–H groups in total. The molecule has 5 nitrogen and oxygen atoms in total. The summed E-state index contributed by atoms with van der Waals surface area (Å²) in [7, 11) is 0. The third kappa shape index (κ3) is 2.35. The van der Waals surface area contributed by atoms with Crippen molar-refractivity contribution in [3.8, 4) is 11.5 Å². The van der Waals surface area contributed by atoms with E-state index in [1.165, 1.54) is 18.2 Å². The predicted molar refractivity (Wildman–Crippen MR) is 68.6 cm³/mol. The standard InChI is InChI=1S/C13H12N2O3/c14-9-3-1-2-4-10(9)15-13(18)8-5-6-11(16)12(17)7-8/h1-7,16-17H,14H2,(H,15,18). The lowest BCUT2D eigenvalue weighted by Crippen LogP contribution is -2.12. The van der Waals surface area contributed by atoms with Crippen molar-refractivity contribution in [2.75, 3.05) is 11.1 Å². The van der Waals surface area contributed by atoms with Gasteiger partial charge in [0.15, 0.2) is 11.5 Å². The fraction of sp³-hybridized carbons (Fsp3) is 0. The van der Waals surface area contributed by atoms with Crippen molar-refractivity contribution in [2.45, 2.75) is 0 Å². The first-order chi connectivity index (χ1) is 8.58. The fourth-order valence-electron chi connectivity index (χ4n) is 1.47. The summed E-state index contributed by atoms with van der Waals surface area (Å²) in [5.41, 5.74) is 6.88. The second kappa shape index (κ2) is 4.67. The number of carbonyl (C=O) groups excluding carboxylic acids is 1. The van der Waals surface area contributed by atoms with Gasteiger partial charge in [-0.05, 0) is 30.3 Å². The third-order valence-electron chi connectivity index (χ3n) is 2.45. The van der Waals surface area contributed by atoms with Crippen molar-refractivity contribution in [3.05, 3.63) is 48.0 Å². The molecule has 0 fully saturated rings. The molecule has 2 aromatic carbocycles. The highest BCUT2D eigenvalue weighted by Gasteiger charge is 2.10. The number of nitrogen functional groups attached to an aromatic ring is 1. The van der Waals surface area contributed by atoms with E-state index in [2.05, 4.69) is 5.32 Å². The van der Waals surface area contributed by atoms with Crippen LogP contribution in [-0.2, 0) is 0 Å². The molecule has 0 heterocycles. The van der Waals surface area contributed by atoms with Crippen LogP contribution in [-0.4, -0.2) is 16.1 Å². The number of nitrogens with two attached hydrogens (primary N) is 1. The van der Waals surface area contributed by atoms with Crippen molar-refractivity contribution in [3.63, 3.8) is 0 Å². The number of benzene rings is 2. The zero-order valence-electron chi connectivity index (χ0n) is 9.42. The van der Waals surface area contributed by atoms with Gasteiger partial charge in [-0.25, -0.2) is 0 Å². The second-order valence-electron chi connectivity index (χ2n) is 3.74. The van der Waals surface area contributed by atoms with E-state index in [4.69, 9.17) is 10.8 Å². The Kier molecular flexibility index (Phi) is 3.05. The molecule has 0 radical (unpaired) electrons. The lowest BCUT2D eigenvalue weighted by molar-refractivity contribution is 0.102. The zero-order valence-corrected chi connectivity index (χ0v) is 9.42. The molecule has 1 amide bonds. The highest BCUT2D eigenvalue weighted by atomic mass is 16.3. The van der Waals surface area contributed by atoms with E-state index in [0.29, 0.717) is 11.4 Å². The van der Waals surface area contributed by atoms with Gasteiger partial charge in [0.25, 0.3) is 5.91 Å². The van der Waals surface area contributed by atoms with Crippen LogP contribution in [0.4, 0.5) is 11.4 Å². The van der Waals surface area contributed by atoms with Gasteiger partial charge in [-0.2, -0.15) is 0 Å². The first-order valence-corrected chi connectivity index (χ1v) is 5.26. The van der Waals surface area contributed by atoms with Crippen LogP contribution in [0.15, 0.2) is 42.5 Å². The molecule has 0 aromatic heterocycles. The van der Waals surface area contributed by atoms with Crippen molar-refractivity contribution in [2.24, 2.45) is 0 Å². The average Bonchev–Trinajstić information content (AvgIpc) is 2.35. The van der Waals surface area contributed by atoms with Crippen molar-refractivity contribution >= 4 is 17.3 Å². The maximum atomic E-state index is 11.9.